The second-order valence-corrected chi connectivity index (χ2v) is 7.35. The van der Waals surface area contributed by atoms with Gasteiger partial charge in [-0.15, -0.1) is 0 Å². The lowest BCUT2D eigenvalue weighted by atomic mass is 10.1. The summed E-state index contributed by atoms with van der Waals surface area (Å²) in [7, 11) is 3.18. The predicted molar refractivity (Wildman–Crippen MR) is 116 cm³/mol. The normalized spacial score (nSPS) is 11.2. The minimum atomic E-state index is -0.601. The number of nitrogens with one attached hydrogen (secondary N) is 1. The van der Waals surface area contributed by atoms with E-state index in [2.05, 4.69) is 34.5 Å². The van der Waals surface area contributed by atoms with Crippen molar-refractivity contribution in [2.75, 3.05) is 5.32 Å². The van der Waals surface area contributed by atoms with E-state index in [-0.39, 0.29) is 11.2 Å². The van der Waals surface area contributed by atoms with Gasteiger partial charge in [-0.05, 0) is 17.5 Å². The fourth-order valence-electron chi connectivity index (χ4n) is 3.48. The standard InChI is InChI=1S/C21H23N7O3/c1-4-14-5-7-15(8-6-14)11-28-16(9-10-23-28)24-17(29)12-27-20(30)18-19(22-13-25(18)2)26(3)21(27)31/h5-10,13H,4,11-12H2,1-3H3,(H,24,29). The first-order valence-corrected chi connectivity index (χ1v) is 9.89. The average Bonchev–Trinajstić information content (AvgIpc) is 3.36. The quantitative estimate of drug-likeness (QED) is 0.497. The molecular formula is C21H23N7O3. The molecule has 0 saturated carbocycles. The molecule has 0 atom stereocenters. The zero-order valence-corrected chi connectivity index (χ0v) is 17.6. The van der Waals surface area contributed by atoms with Gasteiger partial charge in [0.25, 0.3) is 5.56 Å². The lowest BCUT2D eigenvalue weighted by Gasteiger charge is -2.11. The molecular weight excluding hydrogens is 398 g/mol. The maximum absolute atomic E-state index is 12.8. The van der Waals surface area contributed by atoms with Gasteiger partial charge in [-0.3, -0.25) is 14.2 Å². The summed E-state index contributed by atoms with van der Waals surface area (Å²) >= 11 is 0. The Morgan fingerprint density at radius 2 is 1.77 bits per heavy atom. The molecule has 0 aliphatic heterocycles. The van der Waals surface area contributed by atoms with Crippen LogP contribution in [0.1, 0.15) is 18.1 Å². The van der Waals surface area contributed by atoms with E-state index in [1.807, 2.05) is 12.1 Å². The van der Waals surface area contributed by atoms with E-state index >= 15 is 0 Å². The second-order valence-electron chi connectivity index (χ2n) is 7.35. The van der Waals surface area contributed by atoms with E-state index in [0.29, 0.717) is 12.4 Å². The fourth-order valence-corrected chi connectivity index (χ4v) is 3.48. The number of anilines is 1. The summed E-state index contributed by atoms with van der Waals surface area (Å²) in [6.07, 6.45) is 4.01. The highest BCUT2D eigenvalue weighted by molar-refractivity contribution is 5.89. The smallest absolute Gasteiger partial charge is 0.328 e. The van der Waals surface area contributed by atoms with Crippen LogP contribution < -0.4 is 16.6 Å². The van der Waals surface area contributed by atoms with E-state index in [1.54, 1.807) is 24.0 Å². The Bertz CT molecular complexity index is 1370. The monoisotopic (exact) mass is 421 g/mol. The maximum Gasteiger partial charge on any atom is 0.332 e. The molecule has 1 N–H and O–H groups in total. The van der Waals surface area contributed by atoms with Crippen LogP contribution in [0.25, 0.3) is 11.2 Å². The third kappa shape index (κ3) is 3.79. The first-order valence-electron chi connectivity index (χ1n) is 9.89. The Kier molecular flexibility index (Phi) is 5.28. The molecule has 10 nitrogen and oxygen atoms in total. The van der Waals surface area contributed by atoms with Crippen molar-refractivity contribution in [1.29, 1.82) is 0 Å². The summed E-state index contributed by atoms with van der Waals surface area (Å²) in [5, 5.41) is 7.01. The number of hydrogen-bond donors (Lipinski definition) is 1. The Hall–Kier alpha value is -3.95. The van der Waals surface area contributed by atoms with Crippen LogP contribution in [0, 0.1) is 0 Å². The molecule has 10 heteroatoms. The van der Waals surface area contributed by atoms with Crippen LogP contribution in [0.5, 0.6) is 0 Å². The molecule has 0 bridgehead atoms. The van der Waals surface area contributed by atoms with E-state index < -0.39 is 23.7 Å². The minimum absolute atomic E-state index is 0.260. The number of aryl methyl sites for hydroxylation is 3. The lowest BCUT2D eigenvalue weighted by Crippen LogP contribution is -2.42. The number of rotatable bonds is 6. The third-order valence-corrected chi connectivity index (χ3v) is 5.25. The van der Waals surface area contributed by atoms with Gasteiger partial charge >= 0.3 is 5.69 Å². The van der Waals surface area contributed by atoms with Crippen molar-refractivity contribution in [2.45, 2.75) is 26.4 Å². The zero-order chi connectivity index (χ0) is 22.1. The molecule has 0 aliphatic rings. The van der Waals surface area contributed by atoms with Crippen molar-refractivity contribution in [2.24, 2.45) is 14.1 Å². The van der Waals surface area contributed by atoms with E-state index in [1.165, 1.54) is 28.1 Å². The average molecular weight is 421 g/mol. The van der Waals surface area contributed by atoms with Crippen molar-refractivity contribution in [3.63, 3.8) is 0 Å². The fraction of sp³-hybridized carbons (Fsp3) is 0.286. The third-order valence-electron chi connectivity index (χ3n) is 5.25. The summed E-state index contributed by atoms with van der Waals surface area (Å²) < 4.78 is 5.35. The lowest BCUT2D eigenvalue weighted by molar-refractivity contribution is -0.116. The maximum atomic E-state index is 12.8. The van der Waals surface area contributed by atoms with Crippen molar-refractivity contribution < 1.29 is 4.79 Å². The highest BCUT2D eigenvalue weighted by Gasteiger charge is 2.17. The molecule has 31 heavy (non-hydrogen) atoms. The summed E-state index contributed by atoms with van der Waals surface area (Å²) in [6, 6.07) is 9.85. The number of nitrogens with zero attached hydrogens (tertiary/aromatic N) is 6. The molecule has 0 fully saturated rings. The molecule has 0 aliphatic carbocycles. The summed E-state index contributed by atoms with van der Waals surface area (Å²) in [5.41, 5.74) is 1.67. The summed E-state index contributed by atoms with van der Waals surface area (Å²) in [6.45, 7) is 2.17. The van der Waals surface area contributed by atoms with Gasteiger partial charge in [-0.25, -0.2) is 19.0 Å². The van der Waals surface area contributed by atoms with Crippen LogP contribution in [0.2, 0.25) is 0 Å². The van der Waals surface area contributed by atoms with Gasteiger partial charge in [-0.2, -0.15) is 5.10 Å². The number of amides is 1. The number of benzene rings is 1. The van der Waals surface area contributed by atoms with Gasteiger partial charge in [0.05, 0.1) is 19.1 Å². The van der Waals surface area contributed by atoms with Crippen LogP contribution in [0.3, 0.4) is 0 Å². The van der Waals surface area contributed by atoms with Gasteiger partial charge in [0.1, 0.15) is 12.4 Å². The molecule has 3 aromatic heterocycles. The SMILES string of the molecule is CCc1ccc(Cn2nccc2NC(=O)Cn2c(=O)c3c(ncn3C)n(C)c2=O)cc1. The van der Waals surface area contributed by atoms with Crippen molar-refractivity contribution in [3.8, 4) is 0 Å². The minimum Gasteiger partial charge on any atom is -0.328 e. The van der Waals surface area contributed by atoms with E-state index in [9.17, 15) is 14.4 Å². The molecule has 4 aromatic rings. The highest BCUT2D eigenvalue weighted by atomic mass is 16.2. The molecule has 0 radical (unpaired) electrons. The topological polar surface area (TPSA) is 109 Å². The van der Waals surface area contributed by atoms with Gasteiger partial charge in [0, 0.05) is 20.2 Å². The van der Waals surface area contributed by atoms with Gasteiger partial charge in [-0.1, -0.05) is 31.2 Å². The number of hydrogen-bond acceptors (Lipinski definition) is 5. The van der Waals surface area contributed by atoms with Crippen LogP contribution in [0.4, 0.5) is 5.82 Å². The number of carbonyl (C=O) groups excluding carboxylic acids is 1. The molecule has 4 rings (SSSR count). The van der Waals surface area contributed by atoms with E-state index in [0.717, 1.165) is 16.6 Å². The molecule has 3 heterocycles. The summed E-state index contributed by atoms with van der Waals surface area (Å²) in [4.78, 5) is 42.1. The number of fused-ring (bicyclic) bond motifs is 1. The van der Waals surface area contributed by atoms with E-state index in [4.69, 9.17) is 0 Å². The molecule has 1 amide bonds. The Labute approximate surface area is 177 Å². The first kappa shape index (κ1) is 20.3. The second kappa shape index (κ2) is 8.05. The van der Waals surface area contributed by atoms with Crippen LogP contribution in [0.15, 0.2) is 52.4 Å². The number of aromatic nitrogens is 6. The van der Waals surface area contributed by atoms with Gasteiger partial charge < -0.3 is 9.88 Å². The predicted octanol–water partition coefficient (Wildman–Crippen LogP) is 0.880. The van der Waals surface area contributed by atoms with Crippen LogP contribution >= 0.6 is 0 Å². The first-order chi connectivity index (χ1) is 14.9. The van der Waals surface area contributed by atoms with Gasteiger partial charge in [0.15, 0.2) is 11.2 Å². The zero-order valence-electron chi connectivity index (χ0n) is 17.6. The molecule has 0 saturated heterocycles. The highest BCUT2D eigenvalue weighted by Crippen LogP contribution is 2.12. The number of carbonyl (C=O) groups is 1. The largest absolute Gasteiger partial charge is 0.332 e. The molecule has 160 valence electrons. The molecule has 0 spiro atoms. The molecule has 0 unspecified atom stereocenters. The van der Waals surface area contributed by atoms with Crippen LogP contribution in [-0.4, -0.2) is 34.4 Å². The van der Waals surface area contributed by atoms with Crippen molar-refractivity contribution >= 4 is 22.9 Å². The Balaban J connectivity index is 1.55. The Morgan fingerprint density at radius 1 is 1.06 bits per heavy atom. The summed E-state index contributed by atoms with van der Waals surface area (Å²) in [5.74, 6) is -0.0140. The number of imidazole rings is 1. The Morgan fingerprint density at radius 3 is 2.48 bits per heavy atom. The molecule has 1 aromatic carbocycles. The van der Waals surface area contributed by atoms with Gasteiger partial charge in [0.2, 0.25) is 5.91 Å². The van der Waals surface area contributed by atoms with Crippen LogP contribution in [-0.2, 0) is 38.4 Å². The van der Waals surface area contributed by atoms with Crippen molar-refractivity contribution in [1.82, 2.24) is 28.5 Å². The van der Waals surface area contributed by atoms with Crippen molar-refractivity contribution in [3.05, 3.63) is 74.8 Å².